The van der Waals surface area contributed by atoms with Crippen LogP contribution in [-0.4, -0.2) is 48.7 Å². The van der Waals surface area contributed by atoms with Gasteiger partial charge in [0.05, 0.1) is 13.2 Å². The number of halogens is 1. The van der Waals surface area contributed by atoms with E-state index < -0.39 is 0 Å². The summed E-state index contributed by atoms with van der Waals surface area (Å²) in [5.41, 5.74) is 2.11. The fraction of sp³-hybridized carbons (Fsp3) is 0.368. The molecule has 3 rings (SSSR count). The molecule has 2 amide bonds. The molecule has 0 radical (unpaired) electrons. The largest absolute Gasteiger partial charge is 0.370 e. The van der Waals surface area contributed by atoms with Crippen LogP contribution in [0.1, 0.15) is 17.2 Å². The molecule has 0 unspecified atom stereocenters. The number of rotatable bonds is 5. The molecular formula is C19H23ClN4O2. The topological polar surface area (TPSA) is 66.5 Å². The summed E-state index contributed by atoms with van der Waals surface area (Å²) in [5, 5.41) is 6.86. The second-order valence-electron chi connectivity index (χ2n) is 6.18. The highest BCUT2D eigenvalue weighted by atomic mass is 35.5. The Morgan fingerprint density at radius 2 is 2.12 bits per heavy atom. The molecule has 0 bridgehead atoms. The number of hydrogen-bond donors (Lipinski definition) is 2. The molecule has 1 aliphatic heterocycles. The molecule has 6 nitrogen and oxygen atoms in total. The van der Waals surface area contributed by atoms with Crippen LogP contribution < -0.4 is 10.6 Å². The van der Waals surface area contributed by atoms with Crippen molar-refractivity contribution in [3.05, 3.63) is 58.7 Å². The highest BCUT2D eigenvalue weighted by Crippen LogP contribution is 2.23. The van der Waals surface area contributed by atoms with Crippen molar-refractivity contribution in [2.24, 2.45) is 0 Å². The van der Waals surface area contributed by atoms with E-state index in [1.165, 1.54) is 0 Å². The molecule has 1 fully saturated rings. The molecule has 0 aliphatic carbocycles. The maximum atomic E-state index is 12.4. The smallest absolute Gasteiger partial charge is 0.317 e. The number of hydrogen-bond acceptors (Lipinski definition) is 4. The summed E-state index contributed by atoms with van der Waals surface area (Å²) < 4.78 is 5.80. The average molecular weight is 375 g/mol. The van der Waals surface area contributed by atoms with Crippen LogP contribution in [0.5, 0.6) is 0 Å². The summed E-state index contributed by atoms with van der Waals surface area (Å²) in [5.74, 6) is 0.843. The first-order valence-corrected chi connectivity index (χ1v) is 9.06. The van der Waals surface area contributed by atoms with Gasteiger partial charge in [-0.2, -0.15) is 0 Å². The Morgan fingerprint density at radius 3 is 2.88 bits per heavy atom. The first kappa shape index (κ1) is 18.5. The highest BCUT2D eigenvalue weighted by molar-refractivity contribution is 6.30. The van der Waals surface area contributed by atoms with Crippen molar-refractivity contribution in [1.29, 1.82) is 0 Å². The van der Waals surface area contributed by atoms with Crippen molar-refractivity contribution in [2.45, 2.75) is 13.0 Å². The molecule has 1 saturated heterocycles. The SMILES string of the molecule is Cc1cccnc1NCCNC(=O)N1CCO[C@@H](c2ccc(Cl)cc2)C1. The van der Waals surface area contributed by atoms with Gasteiger partial charge in [0.25, 0.3) is 0 Å². The number of urea groups is 1. The van der Waals surface area contributed by atoms with E-state index in [9.17, 15) is 4.79 Å². The first-order chi connectivity index (χ1) is 12.6. The lowest BCUT2D eigenvalue weighted by molar-refractivity contribution is -0.0153. The van der Waals surface area contributed by atoms with E-state index in [0.29, 0.717) is 37.8 Å². The molecule has 0 spiro atoms. The van der Waals surface area contributed by atoms with Gasteiger partial charge in [-0.25, -0.2) is 9.78 Å². The van der Waals surface area contributed by atoms with Crippen molar-refractivity contribution in [3.8, 4) is 0 Å². The minimum absolute atomic E-state index is 0.0770. The molecule has 2 N–H and O–H groups in total. The molecule has 138 valence electrons. The lowest BCUT2D eigenvalue weighted by Crippen LogP contribution is -2.48. The normalized spacial score (nSPS) is 17.0. The van der Waals surface area contributed by atoms with E-state index in [1.807, 2.05) is 43.3 Å². The number of aryl methyl sites for hydroxylation is 1. The summed E-state index contributed by atoms with van der Waals surface area (Å²) >= 11 is 5.93. The lowest BCUT2D eigenvalue weighted by Gasteiger charge is -2.33. The molecule has 1 aromatic carbocycles. The Bertz CT molecular complexity index is 739. The molecule has 2 aromatic rings. The zero-order valence-electron chi connectivity index (χ0n) is 14.7. The van der Waals surface area contributed by atoms with Gasteiger partial charge in [0.1, 0.15) is 11.9 Å². The number of carbonyl (C=O) groups excluding carboxylic acids is 1. The van der Waals surface area contributed by atoms with Gasteiger partial charge >= 0.3 is 6.03 Å². The van der Waals surface area contributed by atoms with E-state index >= 15 is 0 Å². The van der Waals surface area contributed by atoms with Crippen LogP contribution in [0.2, 0.25) is 5.02 Å². The number of anilines is 1. The maximum Gasteiger partial charge on any atom is 0.317 e. The van der Waals surface area contributed by atoms with Gasteiger partial charge < -0.3 is 20.3 Å². The predicted molar refractivity (Wildman–Crippen MR) is 103 cm³/mol. The Labute approximate surface area is 158 Å². The van der Waals surface area contributed by atoms with Crippen LogP contribution in [0.15, 0.2) is 42.6 Å². The molecule has 26 heavy (non-hydrogen) atoms. The highest BCUT2D eigenvalue weighted by Gasteiger charge is 2.25. The van der Waals surface area contributed by atoms with Crippen LogP contribution in [0.25, 0.3) is 0 Å². The van der Waals surface area contributed by atoms with Gasteiger partial charge in [0.2, 0.25) is 0 Å². The molecule has 1 aromatic heterocycles. The van der Waals surface area contributed by atoms with Gasteiger partial charge in [-0.15, -0.1) is 0 Å². The van der Waals surface area contributed by atoms with E-state index in [4.69, 9.17) is 16.3 Å². The zero-order chi connectivity index (χ0) is 18.4. The molecule has 1 aliphatic rings. The fourth-order valence-corrected chi connectivity index (χ4v) is 2.97. The summed E-state index contributed by atoms with van der Waals surface area (Å²) in [7, 11) is 0. The van der Waals surface area contributed by atoms with Crippen LogP contribution in [0.4, 0.5) is 10.6 Å². The molecule has 2 heterocycles. The number of nitrogens with one attached hydrogen (secondary N) is 2. The quantitative estimate of drug-likeness (QED) is 0.788. The number of nitrogens with zero attached hydrogens (tertiary/aromatic N) is 2. The number of amides is 2. The summed E-state index contributed by atoms with van der Waals surface area (Å²) in [6.07, 6.45) is 1.62. The second kappa shape index (κ2) is 8.87. The van der Waals surface area contributed by atoms with Crippen molar-refractivity contribution in [1.82, 2.24) is 15.2 Å². The zero-order valence-corrected chi connectivity index (χ0v) is 15.5. The second-order valence-corrected chi connectivity index (χ2v) is 6.62. The first-order valence-electron chi connectivity index (χ1n) is 8.69. The molecule has 1 atom stereocenters. The molecule has 0 saturated carbocycles. The fourth-order valence-electron chi connectivity index (χ4n) is 2.85. The van der Waals surface area contributed by atoms with E-state index in [0.717, 1.165) is 16.9 Å². The Morgan fingerprint density at radius 1 is 1.31 bits per heavy atom. The summed E-state index contributed by atoms with van der Waals surface area (Å²) in [4.78, 5) is 18.5. The summed E-state index contributed by atoms with van der Waals surface area (Å²) in [6.45, 7) is 4.78. The van der Waals surface area contributed by atoms with Crippen molar-refractivity contribution in [3.63, 3.8) is 0 Å². The maximum absolute atomic E-state index is 12.4. The van der Waals surface area contributed by atoms with Crippen molar-refractivity contribution >= 4 is 23.4 Å². The van der Waals surface area contributed by atoms with Gasteiger partial charge in [-0.1, -0.05) is 29.8 Å². The van der Waals surface area contributed by atoms with Gasteiger partial charge in [-0.05, 0) is 36.2 Å². The number of aromatic nitrogens is 1. The van der Waals surface area contributed by atoms with E-state index in [2.05, 4.69) is 15.6 Å². The van der Waals surface area contributed by atoms with Crippen LogP contribution in [-0.2, 0) is 4.74 Å². The van der Waals surface area contributed by atoms with E-state index in [1.54, 1.807) is 11.1 Å². The average Bonchev–Trinajstić information content (AvgIpc) is 2.67. The third-order valence-corrected chi connectivity index (χ3v) is 4.55. The Hall–Kier alpha value is -2.31. The minimum atomic E-state index is -0.124. The third kappa shape index (κ3) is 4.86. The Balaban J connectivity index is 1.45. The van der Waals surface area contributed by atoms with E-state index in [-0.39, 0.29) is 12.1 Å². The lowest BCUT2D eigenvalue weighted by atomic mass is 10.1. The summed E-state index contributed by atoms with van der Waals surface area (Å²) in [6, 6.07) is 11.4. The third-order valence-electron chi connectivity index (χ3n) is 4.30. The van der Waals surface area contributed by atoms with Crippen LogP contribution >= 0.6 is 11.6 Å². The van der Waals surface area contributed by atoms with Crippen LogP contribution in [0.3, 0.4) is 0 Å². The number of carbonyl (C=O) groups is 1. The van der Waals surface area contributed by atoms with Gasteiger partial charge in [0.15, 0.2) is 0 Å². The predicted octanol–water partition coefficient (Wildman–Crippen LogP) is 3.24. The standard InChI is InChI=1S/C19H23ClN4O2/c1-14-3-2-8-21-18(14)22-9-10-23-19(25)24-11-12-26-17(13-24)15-4-6-16(20)7-5-15/h2-8,17H,9-13H2,1H3,(H,21,22)(H,23,25)/t17-/m1/s1. The van der Waals surface area contributed by atoms with Crippen LogP contribution in [0, 0.1) is 6.92 Å². The molecular weight excluding hydrogens is 352 g/mol. The Kier molecular flexibility index (Phi) is 6.30. The molecule has 7 heteroatoms. The number of pyridine rings is 1. The monoisotopic (exact) mass is 374 g/mol. The van der Waals surface area contributed by atoms with Crippen molar-refractivity contribution < 1.29 is 9.53 Å². The van der Waals surface area contributed by atoms with Crippen molar-refractivity contribution in [2.75, 3.05) is 38.1 Å². The number of ether oxygens (including phenoxy) is 1. The van der Waals surface area contributed by atoms with Gasteiger partial charge in [0, 0.05) is 30.9 Å². The minimum Gasteiger partial charge on any atom is -0.370 e. The van der Waals surface area contributed by atoms with Gasteiger partial charge in [-0.3, -0.25) is 0 Å². The number of benzene rings is 1. The number of morpholine rings is 1.